The monoisotopic (exact) mass is 178 g/mol. The van der Waals surface area contributed by atoms with E-state index < -0.39 is 0 Å². The Labute approximate surface area is 74.4 Å². The van der Waals surface area contributed by atoms with Crippen molar-refractivity contribution in [2.45, 2.75) is 31.4 Å². The van der Waals surface area contributed by atoms with Gasteiger partial charge < -0.3 is 9.84 Å². The molecular weight excluding hydrogens is 160 g/mol. The number of hydrogen-bond acceptors (Lipinski definition) is 3. The first kappa shape index (κ1) is 11.3. The summed E-state index contributed by atoms with van der Waals surface area (Å²) in [5.74, 6) is 0. The van der Waals surface area contributed by atoms with Gasteiger partial charge in [-0.1, -0.05) is 6.92 Å². The zero-order chi connectivity index (χ0) is 8.53. The SMILES string of the molecule is CC(S)CCCOCCCO. The molecule has 0 bridgehead atoms. The van der Waals surface area contributed by atoms with Crippen molar-refractivity contribution < 1.29 is 9.84 Å². The van der Waals surface area contributed by atoms with Crippen LogP contribution in [0.15, 0.2) is 0 Å². The molecule has 0 saturated carbocycles. The van der Waals surface area contributed by atoms with Crippen LogP contribution in [-0.4, -0.2) is 30.2 Å². The molecule has 2 nitrogen and oxygen atoms in total. The lowest BCUT2D eigenvalue weighted by atomic mass is 10.2. The van der Waals surface area contributed by atoms with Crippen LogP contribution in [0.4, 0.5) is 0 Å². The smallest absolute Gasteiger partial charge is 0.0487 e. The predicted molar refractivity (Wildman–Crippen MR) is 50.2 cm³/mol. The minimum atomic E-state index is 0.225. The van der Waals surface area contributed by atoms with Crippen molar-refractivity contribution in [2.24, 2.45) is 0 Å². The Kier molecular flexibility index (Phi) is 8.57. The summed E-state index contributed by atoms with van der Waals surface area (Å²) in [7, 11) is 0. The number of aliphatic hydroxyl groups excluding tert-OH is 1. The molecule has 0 saturated heterocycles. The molecule has 0 aliphatic heterocycles. The van der Waals surface area contributed by atoms with Crippen LogP contribution in [0.5, 0.6) is 0 Å². The highest BCUT2D eigenvalue weighted by Crippen LogP contribution is 2.02. The molecule has 0 aromatic rings. The Morgan fingerprint density at radius 1 is 1.36 bits per heavy atom. The Morgan fingerprint density at radius 3 is 2.55 bits per heavy atom. The van der Waals surface area contributed by atoms with Crippen LogP contribution in [0.25, 0.3) is 0 Å². The van der Waals surface area contributed by atoms with Gasteiger partial charge in [-0.15, -0.1) is 0 Å². The lowest BCUT2D eigenvalue weighted by Gasteiger charge is -2.04. The second kappa shape index (κ2) is 8.37. The lowest BCUT2D eigenvalue weighted by molar-refractivity contribution is 0.113. The second-order valence-electron chi connectivity index (χ2n) is 2.68. The average Bonchev–Trinajstić information content (AvgIpc) is 1.96. The fourth-order valence-electron chi connectivity index (χ4n) is 0.749. The average molecular weight is 178 g/mol. The van der Waals surface area contributed by atoms with Gasteiger partial charge in [-0.3, -0.25) is 0 Å². The van der Waals surface area contributed by atoms with E-state index in [4.69, 9.17) is 9.84 Å². The maximum Gasteiger partial charge on any atom is 0.0487 e. The van der Waals surface area contributed by atoms with Crippen molar-refractivity contribution in [3.05, 3.63) is 0 Å². The van der Waals surface area contributed by atoms with Crippen LogP contribution in [-0.2, 0) is 4.74 Å². The quantitative estimate of drug-likeness (QED) is 0.457. The molecule has 11 heavy (non-hydrogen) atoms. The molecule has 3 heteroatoms. The summed E-state index contributed by atoms with van der Waals surface area (Å²) < 4.78 is 5.23. The van der Waals surface area contributed by atoms with Crippen molar-refractivity contribution >= 4 is 12.6 Å². The van der Waals surface area contributed by atoms with Crippen LogP contribution >= 0.6 is 12.6 Å². The molecule has 0 aliphatic rings. The minimum absolute atomic E-state index is 0.225. The fraction of sp³-hybridized carbons (Fsp3) is 1.00. The molecule has 1 atom stereocenters. The number of hydrogen-bond donors (Lipinski definition) is 2. The van der Waals surface area contributed by atoms with Gasteiger partial charge in [0.1, 0.15) is 0 Å². The lowest BCUT2D eigenvalue weighted by Crippen LogP contribution is -2.01. The van der Waals surface area contributed by atoms with E-state index in [0.717, 1.165) is 25.9 Å². The molecule has 0 spiro atoms. The third kappa shape index (κ3) is 10.3. The van der Waals surface area contributed by atoms with Crippen molar-refractivity contribution in [3.8, 4) is 0 Å². The van der Waals surface area contributed by atoms with E-state index in [1.54, 1.807) is 0 Å². The minimum Gasteiger partial charge on any atom is -0.396 e. The van der Waals surface area contributed by atoms with Crippen LogP contribution in [0, 0.1) is 0 Å². The summed E-state index contributed by atoms with van der Waals surface area (Å²) in [5.41, 5.74) is 0. The summed E-state index contributed by atoms with van der Waals surface area (Å²) in [6, 6.07) is 0. The Morgan fingerprint density at radius 2 is 2.00 bits per heavy atom. The van der Waals surface area contributed by atoms with Crippen LogP contribution in [0.2, 0.25) is 0 Å². The Bertz CT molecular complexity index is 76.5. The van der Waals surface area contributed by atoms with E-state index >= 15 is 0 Å². The molecule has 68 valence electrons. The van der Waals surface area contributed by atoms with E-state index in [1.807, 2.05) is 0 Å². The molecule has 0 rings (SSSR count). The van der Waals surface area contributed by atoms with Gasteiger partial charge in [-0.25, -0.2) is 0 Å². The van der Waals surface area contributed by atoms with Crippen LogP contribution in [0.3, 0.4) is 0 Å². The van der Waals surface area contributed by atoms with Gasteiger partial charge in [0.25, 0.3) is 0 Å². The molecule has 0 aromatic carbocycles. The molecule has 0 fully saturated rings. The summed E-state index contributed by atoms with van der Waals surface area (Å²) in [6.45, 7) is 3.78. The summed E-state index contributed by atoms with van der Waals surface area (Å²) in [6.07, 6.45) is 2.91. The van der Waals surface area contributed by atoms with Crippen LogP contribution < -0.4 is 0 Å². The molecule has 0 aromatic heterocycles. The molecule has 0 radical (unpaired) electrons. The van der Waals surface area contributed by atoms with Crippen molar-refractivity contribution in [1.82, 2.24) is 0 Å². The normalized spacial score (nSPS) is 13.4. The van der Waals surface area contributed by atoms with Gasteiger partial charge in [-0.2, -0.15) is 12.6 Å². The Hall–Kier alpha value is 0.270. The summed E-state index contributed by atoms with van der Waals surface area (Å²) in [5, 5.41) is 8.89. The predicted octanol–water partition coefficient (Wildman–Crippen LogP) is 1.48. The molecule has 0 aliphatic carbocycles. The van der Waals surface area contributed by atoms with Gasteiger partial charge in [0.05, 0.1) is 0 Å². The van der Waals surface area contributed by atoms with E-state index in [0.29, 0.717) is 11.9 Å². The number of aliphatic hydroxyl groups is 1. The van der Waals surface area contributed by atoms with Crippen molar-refractivity contribution in [2.75, 3.05) is 19.8 Å². The fourth-order valence-corrected chi connectivity index (χ4v) is 0.932. The molecule has 1 unspecified atom stereocenters. The highest BCUT2D eigenvalue weighted by molar-refractivity contribution is 7.80. The molecule has 0 heterocycles. The first-order valence-corrected chi connectivity index (χ1v) is 4.65. The molecule has 1 N–H and O–H groups in total. The standard InChI is InChI=1S/C8H18O2S/c1-8(11)4-2-6-10-7-3-5-9/h8-9,11H,2-7H2,1H3. The van der Waals surface area contributed by atoms with Crippen molar-refractivity contribution in [3.63, 3.8) is 0 Å². The first-order valence-electron chi connectivity index (χ1n) is 4.14. The van der Waals surface area contributed by atoms with Gasteiger partial charge in [-0.05, 0) is 24.5 Å². The van der Waals surface area contributed by atoms with E-state index in [1.165, 1.54) is 0 Å². The maximum absolute atomic E-state index is 8.42. The van der Waals surface area contributed by atoms with E-state index in [-0.39, 0.29) is 6.61 Å². The number of thiol groups is 1. The molecule has 0 amide bonds. The van der Waals surface area contributed by atoms with Crippen LogP contribution in [0.1, 0.15) is 26.2 Å². The second-order valence-corrected chi connectivity index (χ2v) is 3.56. The zero-order valence-electron chi connectivity index (χ0n) is 7.12. The highest BCUT2D eigenvalue weighted by Gasteiger charge is 1.93. The van der Waals surface area contributed by atoms with E-state index in [2.05, 4.69) is 19.6 Å². The van der Waals surface area contributed by atoms with E-state index in [9.17, 15) is 0 Å². The maximum atomic E-state index is 8.42. The summed E-state index contributed by atoms with van der Waals surface area (Å²) in [4.78, 5) is 0. The van der Waals surface area contributed by atoms with Gasteiger partial charge in [0, 0.05) is 19.8 Å². The Balaban J connectivity index is 2.80. The zero-order valence-corrected chi connectivity index (χ0v) is 8.02. The van der Waals surface area contributed by atoms with Gasteiger partial charge in [0.2, 0.25) is 0 Å². The van der Waals surface area contributed by atoms with Gasteiger partial charge in [0.15, 0.2) is 0 Å². The number of rotatable bonds is 7. The van der Waals surface area contributed by atoms with Crippen molar-refractivity contribution in [1.29, 1.82) is 0 Å². The third-order valence-corrected chi connectivity index (χ3v) is 1.62. The largest absolute Gasteiger partial charge is 0.396 e. The number of ether oxygens (including phenoxy) is 1. The first-order chi connectivity index (χ1) is 5.27. The highest BCUT2D eigenvalue weighted by atomic mass is 32.1. The topological polar surface area (TPSA) is 29.5 Å². The molecular formula is C8H18O2S. The summed E-state index contributed by atoms with van der Waals surface area (Å²) >= 11 is 4.25. The third-order valence-electron chi connectivity index (χ3n) is 1.36. The van der Waals surface area contributed by atoms with Gasteiger partial charge >= 0.3 is 0 Å².